The SMILES string of the molecule is CCC(=O)Nc1ccc(Cl)c(S(=O)(=O)N[C@@H]2CCN(C#N)C2)c1. The average molecular weight is 357 g/mol. The van der Waals surface area contributed by atoms with Crippen molar-refractivity contribution in [2.24, 2.45) is 0 Å². The van der Waals surface area contributed by atoms with Gasteiger partial charge in [-0.1, -0.05) is 18.5 Å². The van der Waals surface area contributed by atoms with Gasteiger partial charge in [0.2, 0.25) is 15.9 Å². The fourth-order valence-corrected chi connectivity index (χ4v) is 4.05. The number of carbonyl (C=O) groups excluding carboxylic acids is 1. The van der Waals surface area contributed by atoms with Crippen molar-refractivity contribution in [3.05, 3.63) is 23.2 Å². The van der Waals surface area contributed by atoms with Gasteiger partial charge in [-0.15, -0.1) is 0 Å². The van der Waals surface area contributed by atoms with Crippen LogP contribution >= 0.6 is 11.6 Å². The number of nitrogens with zero attached hydrogens (tertiary/aromatic N) is 2. The lowest BCUT2D eigenvalue weighted by molar-refractivity contribution is -0.115. The number of anilines is 1. The lowest BCUT2D eigenvalue weighted by Gasteiger charge is -2.14. The van der Waals surface area contributed by atoms with E-state index in [1.165, 1.54) is 17.0 Å². The highest BCUT2D eigenvalue weighted by molar-refractivity contribution is 7.89. The Morgan fingerprint density at radius 3 is 2.87 bits per heavy atom. The molecule has 124 valence electrons. The van der Waals surface area contributed by atoms with Crippen molar-refractivity contribution in [3.8, 4) is 6.19 Å². The van der Waals surface area contributed by atoms with Crippen LogP contribution in [-0.2, 0) is 14.8 Å². The molecule has 1 aromatic carbocycles. The molecule has 0 bridgehead atoms. The number of amides is 1. The molecule has 7 nitrogen and oxygen atoms in total. The number of nitriles is 1. The molecule has 0 unspecified atom stereocenters. The third kappa shape index (κ3) is 4.34. The minimum Gasteiger partial charge on any atom is -0.326 e. The van der Waals surface area contributed by atoms with Crippen LogP contribution in [0.2, 0.25) is 5.02 Å². The van der Waals surface area contributed by atoms with Crippen LogP contribution in [0.15, 0.2) is 23.1 Å². The van der Waals surface area contributed by atoms with E-state index in [1.54, 1.807) is 13.0 Å². The molecule has 0 saturated carbocycles. The standard InChI is InChI=1S/C14H17ClN4O3S/c1-2-14(20)17-10-3-4-12(15)13(7-10)23(21,22)18-11-5-6-19(8-11)9-16/h3-4,7,11,18H,2,5-6,8H2,1H3,(H,17,20)/t11-/m1/s1. The van der Waals surface area contributed by atoms with Gasteiger partial charge >= 0.3 is 0 Å². The lowest BCUT2D eigenvalue weighted by Crippen LogP contribution is -2.36. The van der Waals surface area contributed by atoms with Gasteiger partial charge in [0.05, 0.1) is 5.02 Å². The summed E-state index contributed by atoms with van der Waals surface area (Å²) < 4.78 is 27.6. The highest BCUT2D eigenvalue weighted by atomic mass is 35.5. The van der Waals surface area contributed by atoms with Crippen LogP contribution in [0.4, 0.5) is 5.69 Å². The van der Waals surface area contributed by atoms with Crippen LogP contribution in [0, 0.1) is 11.5 Å². The van der Waals surface area contributed by atoms with Crippen molar-refractivity contribution in [1.82, 2.24) is 9.62 Å². The molecule has 0 radical (unpaired) electrons. The van der Waals surface area contributed by atoms with Gasteiger partial charge in [-0.05, 0) is 24.6 Å². The van der Waals surface area contributed by atoms with E-state index in [0.29, 0.717) is 25.2 Å². The highest BCUT2D eigenvalue weighted by Crippen LogP contribution is 2.26. The molecule has 2 rings (SSSR count). The van der Waals surface area contributed by atoms with Crippen LogP contribution in [-0.4, -0.2) is 38.4 Å². The molecule has 0 spiro atoms. The first-order valence-corrected chi connectivity index (χ1v) is 8.98. The van der Waals surface area contributed by atoms with Crippen molar-refractivity contribution in [1.29, 1.82) is 5.26 Å². The minimum absolute atomic E-state index is 0.0714. The zero-order valence-electron chi connectivity index (χ0n) is 12.5. The van der Waals surface area contributed by atoms with Crippen molar-refractivity contribution >= 4 is 33.2 Å². The maximum absolute atomic E-state index is 12.5. The third-order valence-electron chi connectivity index (χ3n) is 3.48. The number of halogens is 1. The zero-order chi connectivity index (χ0) is 17.0. The molecule has 9 heteroatoms. The maximum Gasteiger partial charge on any atom is 0.242 e. The predicted octanol–water partition coefficient (Wildman–Crippen LogP) is 1.52. The molecule has 1 aliphatic heterocycles. The Hall–Kier alpha value is -1.82. The quantitative estimate of drug-likeness (QED) is 0.779. The van der Waals surface area contributed by atoms with Gasteiger partial charge in [-0.3, -0.25) is 4.79 Å². The Labute approximate surface area is 140 Å². The first kappa shape index (κ1) is 17.5. The summed E-state index contributed by atoms with van der Waals surface area (Å²) in [5, 5.41) is 11.5. The molecular weight excluding hydrogens is 340 g/mol. The summed E-state index contributed by atoms with van der Waals surface area (Å²) in [4.78, 5) is 12.8. The van der Waals surface area contributed by atoms with Gasteiger partial charge in [0.25, 0.3) is 0 Å². The van der Waals surface area contributed by atoms with Gasteiger partial charge in [-0.25, -0.2) is 13.1 Å². The topological polar surface area (TPSA) is 102 Å². The van der Waals surface area contributed by atoms with E-state index in [2.05, 4.69) is 10.0 Å². The van der Waals surface area contributed by atoms with E-state index in [1.807, 2.05) is 6.19 Å². The smallest absolute Gasteiger partial charge is 0.242 e. The third-order valence-corrected chi connectivity index (χ3v) is 5.48. The number of nitrogens with one attached hydrogen (secondary N) is 2. The van der Waals surface area contributed by atoms with E-state index in [0.717, 1.165) is 0 Å². The molecular formula is C14H17ClN4O3S. The summed E-state index contributed by atoms with van der Waals surface area (Å²) in [5.74, 6) is -0.218. The van der Waals surface area contributed by atoms with Crippen molar-refractivity contribution in [3.63, 3.8) is 0 Å². The fourth-order valence-electron chi connectivity index (χ4n) is 2.27. The Morgan fingerprint density at radius 2 is 2.26 bits per heavy atom. The van der Waals surface area contributed by atoms with Crippen LogP contribution in [0.3, 0.4) is 0 Å². The summed E-state index contributed by atoms with van der Waals surface area (Å²) >= 11 is 6.00. The number of carbonyl (C=O) groups is 1. The first-order valence-electron chi connectivity index (χ1n) is 7.12. The zero-order valence-corrected chi connectivity index (χ0v) is 14.1. The van der Waals surface area contributed by atoms with Gasteiger partial charge in [0, 0.05) is 31.2 Å². The molecule has 1 saturated heterocycles. The Bertz CT molecular complexity index is 745. The number of hydrogen-bond donors (Lipinski definition) is 2. The van der Waals surface area contributed by atoms with E-state index in [-0.39, 0.29) is 28.3 Å². The van der Waals surface area contributed by atoms with Gasteiger partial charge < -0.3 is 10.2 Å². The molecule has 0 aliphatic carbocycles. The monoisotopic (exact) mass is 356 g/mol. The second-order valence-corrected chi connectivity index (χ2v) is 7.29. The molecule has 2 N–H and O–H groups in total. The lowest BCUT2D eigenvalue weighted by atomic mass is 10.3. The Kier molecular flexibility index (Phi) is 5.46. The van der Waals surface area contributed by atoms with Crippen LogP contribution in [0.1, 0.15) is 19.8 Å². The van der Waals surface area contributed by atoms with E-state index >= 15 is 0 Å². The van der Waals surface area contributed by atoms with Crippen LogP contribution in [0.25, 0.3) is 0 Å². The normalized spacial score (nSPS) is 17.8. The van der Waals surface area contributed by atoms with E-state index in [4.69, 9.17) is 16.9 Å². The first-order chi connectivity index (χ1) is 10.9. The summed E-state index contributed by atoms with van der Waals surface area (Å²) in [6.45, 7) is 2.55. The predicted molar refractivity (Wildman–Crippen MR) is 86.3 cm³/mol. The van der Waals surface area contributed by atoms with Gasteiger partial charge in [0.15, 0.2) is 6.19 Å². The molecule has 1 heterocycles. The number of hydrogen-bond acceptors (Lipinski definition) is 5. The summed E-state index contributed by atoms with van der Waals surface area (Å²) in [6, 6.07) is 3.96. The van der Waals surface area contributed by atoms with E-state index in [9.17, 15) is 13.2 Å². The average Bonchev–Trinajstić information content (AvgIpc) is 2.95. The molecule has 0 aromatic heterocycles. The molecule has 1 amide bonds. The molecule has 1 aromatic rings. The number of sulfonamides is 1. The summed E-state index contributed by atoms with van der Waals surface area (Å²) in [5.41, 5.74) is 0.367. The van der Waals surface area contributed by atoms with Crippen molar-refractivity contribution in [2.75, 3.05) is 18.4 Å². The van der Waals surface area contributed by atoms with Gasteiger partial charge in [-0.2, -0.15) is 5.26 Å². The number of benzene rings is 1. The summed E-state index contributed by atoms with van der Waals surface area (Å²) in [6.07, 6.45) is 2.83. The second kappa shape index (κ2) is 7.17. The van der Waals surface area contributed by atoms with Crippen molar-refractivity contribution < 1.29 is 13.2 Å². The molecule has 23 heavy (non-hydrogen) atoms. The molecule has 1 aliphatic rings. The van der Waals surface area contributed by atoms with Crippen LogP contribution in [0.5, 0.6) is 0 Å². The number of likely N-dealkylation sites (tertiary alicyclic amines) is 1. The Balaban J connectivity index is 2.20. The number of rotatable bonds is 5. The maximum atomic E-state index is 12.5. The minimum atomic E-state index is -3.84. The largest absolute Gasteiger partial charge is 0.326 e. The second-order valence-electron chi connectivity index (χ2n) is 5.20. The highest BCUT2D eigenvalue weighted by Gasteiger charge is 2.28. The fraction of sp³-hybridized carbons (Fsp3) is 0.429. The van der Waals surface area contributed by atoms with Gasteiger partial charge in [0.1, 0.15) is 4.90 Å². The van der Waals surface area contributed by atoms with E-state index < -0.39 is 10.0 Å². The Morgan fingerprint density at radius 1 is 1.52 bits per heavy atom. The van der Waals surface area contributed by atoms with Crippen LogP contribution < -0.4 is 10.0 Å². The van der Waals surface area contributed by atoms with Crippen molar-refractivity contribution in [2.45, 2.75) is 30.7 Å². The summed E-state index contributed by atoms with van der Waals surface area (Å²) in [7, 11) is -3.84. The molecule has 1 fully saturated rings. The molecule has 1 atom stereocenters.